The number of carbonyl (C=O) groups excluding carboxylic acids is 1. The van der Waals surface area contributed by atoms with Gasteiger partial charge in [-0.25, -0.2) is 8.42 Å². The van der Waals surface area contributed by atoms with Crippen molar-refractivity contribution in [2.45, 2.75) is 56.5 Å². The summed E-state index contributed by atoms with van der Waals surface area (Å²) in [6, 6.07) is 2.95. The molecule has 1 saturated heterocycles. The molecular formula is C18H29N3O4S. The van der Waals surface area contributed by atoms with E-state index in [0.717, 1.165) is 25.8 Å². The maximum atomic E-state index is 12.8. The topological polar surface area (TPSA) is 111 Å². The minimum Gasteiger partial charge on any atom is -0.496 e. The molecule has 7 nitrogen and oxygen atoms in total. The lowest BCUT2D eigenvalue weighted by Crippen LogP contribution is -2.47. The molecule has 2 unspecified atom stereocenters. The summed E-state index contributed by atoms with van der Waals surface area (Å²) in [6.45, 7) is 4.75. The van der Waals surface area contributed by atoms with Gasteiger partial charge in [0.1, 0.15) is 5.75 Å². The summed E-state index contributed by atoms with van der Waals surface area (Å²) in [5.41, 5.74) is 6.19. The number of nitrogens with one attached hydrogen (secondary N) is 2. The second-order valence-electron chi connectivity index (χ2n) is 6.60. The Bertz CT molecular complexity index is 743. The Morgan fingerprint density at radius 1 is 1.42 bits per heavy atom. The summed E-state index contributed by atoms with van der Waals surface area (Å²) in [6.07, 6.45) is 3.34. The van der Waals surface area contributed by atoms with Crippen LogP contribution in [0.2, 0.25) is 0 Å². The zero-order chi connectivity index (χ0) is 19.3. The number of hydrogen-bond acceptors (Lipinski definition) is 6. The van der Waals surface area contributed by atoms with Crippen LogP contribution >= 0.6 is 0 Å². The summed E-state index contributed by atoms with van der Waals surface area (Å²) in [5, 5.41) is 6.41. The van der Waals surface area contributed by atoms with Crippen LogP contribution in [0.4, 0.5) is 5.69 Å². The molecule has 2 atom stereocenters. The number of benzene rings is 1. The highest BCUT2D eigenvalue weighted by Crippen LogP contribution is 2.30. The van der Waals surface area contributed by atoms with E-state index in [1.165, 1.54) is 19.2 Å². The Morgan fingerprint density at radius 2 is 2.15 bits per heavy atom. The minimum atomic E-state index is -3.54. The van der Waals surface area contributed by atoms with Gasteiger partial charge in [0.2, 0.25) is 0 Å². The molecule has 1 amide bonds. The summed E-state index contributed by atoms with van der Waals surface area (Å²) in [5.74, 6) is -0.103. The molecule has 0 radical (unpaired) electrons. The summed E-state index contributed by atoms with van der Waals surface area (Å²) in [7, 11) is -2.11. The number of amides is 1. The number of anilines is 1. The fourth-order valence-corrected chi connectivity index (χ4v) is 4.83. The lowest BCUT2D eigenvalue weighted by molar-refractivity contribution is 0.0924. The SMILES string of the molecule is CCCS(=O)(=O)c1cc(C(=O)NC(CC)C2CCCN2)c(OC)cc1N. The van der Waals surface area contributed by atoms with E-state index in [9.17, 15) is 13.2 Å². The molecule has 0 saturated carbocycles. The van der Waals surface area contributed by atoms with Gasteiger partial charge < -0.3 is 21.1 Å². The van der Waals surface area contributed by atoms with Crippen molar-refractivity contribution in [2.24, 2.45) is 0 Å². The lowest BCUT2D eigenvalue weighted by Gasteiger charge is -2.24. The largest absolute Gasteiger partial charge is 0.496 e. The van der Waals surface area contributed by atoms with Gasteiger partial charge >= 0.3 is 0 Å². The highest BCUT2D eigenvalue weighted by atomic mass is 32.2. The smallest absolute Gasteiger partial charge is 0.255 e. The third-order valence-corrected chi connectivity index (χ3v) is 6.69. The molecule has 26 heavy (non-hydrogen) atoms. The zero-order valence-corrected chi connectivity index (χ0v) is 16.5. The Labute approximate surface area is 155 Å². The number of nitrogens with two attached hydrogens (primary N) is 1. The van der Waals surface area contributed by atoms with E-state index in [-0.39, 0.29) is 45.6 Å². The first kappa shape index (κ1) is 20.5. The van der Waals surface area contributed by atoms with Crippen molar-refractivity contribution >= 4 is 21.4 Å². The van der Waals surface area contributed by atoms with Gasteiger partial charge in [0.05, 0.1) is 29.0 Å². The van der Waals surface area contributed by atoms with Crippen LogP contribution in [0.25, 0.3) is 0 Å². The molecule has 0 bridgehead atoms. The average molecular weight is 384 g/mol. The van der Waals surface area contributed by atoms with E-state index >= 15 is 0 Å². The lowest BCUT2D eigenvalue weighted by atomic mass is 10.0. The van der Waals surface area contributed by atoms with Crippen LogP contribution in [-0.2, 0) is 9.84 Å². The maximum Gasteiger partial charge on any atom is 0.255 e. The molecule has 2 rings (SSSR count). The van der Waals surface area contributed by atoms with Gasteiger partial charge in [-0.1, -0.05) is 13.8 Å². The van der Waals surface area contributed by atoms with Gasteiger partial charge in [-0.05, 0) is 38.3 Å². The van der Waals surface area contributed by atoms with Crippen LogP contribution in [0.5, 0.6) is 5.75 Å². The van der Waals surface area contributed by atoms with Crippen LogP contribution in [0.3, 0.4) is 0 Å². The van der Waals surface area contributed by atoms with Crippen LogP contribution in [-0.4, -0.2) is 45.8 Å². The predicted octanol–water partition coefficient (Wildman–Crippen LogP) is 1.72. The van der Waals surface area contributed by atoms with E-state index < -0.39 is 9.84 Å². The number of methoxy groups -OCH3 is 1. The number of hydrogen-bond donors (Lipinski definition) is 3. The van der Waals surface area contributed by atoms with Crippen molar-refractivity contribution in [2.75, 3.05) is 25.1 Å². The van der Waals surface area contributed by atoms with Crippen molar-refractivity contribution < 1.29 is 17.9 Å². The van der Waals surface area contributed by atoms with Gasteiger partial charge in [-0.15, -0.1) is 0 Å². The molecule has 1 heterocycles. The van der Waals surface area contributed by atoms with Crippen molar-refractivity contribution in [1.82, 2.24) is 10.6 Å². The first-order valence-corrected chi connectivity index (χ1v) is 10.7. The maximum absolute atomic E-state index is 12.8. The second-order valence-corrected chi connectivity index (χ2v) is 8.68. The summed E-state index contributed by atoms with van der Waals surface area (Å²) in [4.78, 5) is 12.8. The third kappa shape index (κ3) is 4.48. The van der Waals surface area contributed by atoms with Crippen molar-refractivity contribution in [3.05, 3.63) is 17.7 Å². The van der Waals surface area contributed by atoms with Crippen LogP contribution in [0.15, 0.2) is 17.0 Å². The van der Waals surface area contributed by atoms with Gasteiger partial charge in [0.25, 0.3) is 5.91 Å². The predicted molar refractivity (Wildman–Crippen MR) is 102 cm³/mol. The average Bonchev–Trinajstić information content (AvgIpc) is 3.13. The van der Waals surface area contributed by atoms with E-state index in [1.807, 2.05) is 6.92 Å². The standard InChI is InChI=1S/C18H29N3O4S/c1-4-9-26(23,24)17-10-12(16(25-3)11-13(17)19)18(22)21-14(5-2)15-7-6-8-20-15/h10-11,14-15,20H,4-9,19H2,1-3H3,(H,21,22). The van der Waals surface area contributed by atoms with Crippen LogP contribution < -0.4 is 21.1 Å². The fourth-order valence-electron chi connectivity index (χ4n) is 3.36. The normalized spacial score (nSPS) is 18.5. The first-order chi connectivity index (χ1) is 12.3. The molecule has 1 aliphatic heterocycles. The fraction of sp³-hybridized carbons (Fsp3) is 0.611. The molecule has 1 fully saturated rings. The first-order valence-electron chi connectivity index (χ1n) is 9.08. The molecule has 0 aliphatic carbocycles. The number of ether oxygens (including phenoxy) is 1. The van der Waals surface area contributed by atoms with Crippen molar-refractivity contribution in [1.29, 1.82) is 0 Å². The molecule has 146 valence electrons. The molecule has 0 spiro atoms. The molecule has 8 heteroatoms. The summed E-state index contributed by atoms with van der Waals surface area (Å²) < 4.78 is 30.2. The van der Waals surface area contributed by atoms with Gasteiger partial charge in [-0.3, -0.25) is 4.79 Å². The number of carbonyl (C=O) groups is 1. The number of rotatable bonds is 8. The van der Waals surface area contributed by atoms with Crippen LogP contribution in [0, 0.1) is 0 Å². The van der Waals surface area contributed by atoms with E-state index in [0.29, 0.717) is 6.42 Å². The third-order valence-electron chi connectivity index (χ3n) is 4.72. The Hall–Kier alpha value is -1.80. The van der Waals surface area contributed by atoms with E-state index in [2.05, 4.69) is 10.6 Å². The highest BCUT2D eigenvalue weighted by Gasteiger charge is 2.27. The Morgan fingerprint density at radius 3 is 2.69 bits per heavy atom. The van der Waals surface area contributed by atoms with Gasteiger partial charge in [0, 0.05) is 18.2 Å². The summed E-state index contributed by atoms with van der Waals surface area (Å²) >= 11 is 0. The monoisotopic (exact) mass is 383 g/mol. The molecule has 1 aromatic rings. The van der Waals surface area contributed by atoms with Crippen LogP contribution in [0.1, 0.15) is 49.9 Å². The van der Waals surface area contributed by atoms with E-state index in [4.69, 9.17) is 10.5 Å². The zero-order valence-electron chi connectivity index (χ0n) is 15.7. The second kappa shape index (κ2) is 8.73. The van der Waals surface area contributed by atoms with Gasteiger partial charge in [0.15, 0.2) is 9.84 Å². The minimum absolute atomic E-state index is 0.0164. The molecule has 4 N–H and O–H groups in total. The number of nitrogen functional groups attached to an aromatic ring is 1. The molecule has 0 aromatic heterocycles. The Kier molecular flexibility index (Phi) is 6.88. The van der Waals surface area contributed by atoms with Gasteiger partial charge in [-0.2, -0.15) is 0 Å². The Balaban J connectivity index is 2.35. The molecule has 1 aliphatic rings. The highest BCUT2D eigenvalue weighted by molar-refractivity contribution is 7.91. The van der Waals surface area contributed by atoms with Crippen molar-refractivity contribution in [3.63, 3.8) is 0 Å². The number of sulfone groups is 1. The molecular weight excluding hydrogens is 354 g/mol. The molecule has 1 aromatic carbocycles. The van der Waals surface area contributed by atoms with E-state index in [1.54, 1.807) is 6.92 Å². The van der Waals surface area contributed by atoms with Crippen molar-refractivity contribution in [3.8, 4) is 5.75 Å². The quantitative estimate of drug-likeness (QED) is 0.590.